The monoisotopic (exact) mass is 246 g/mol. The van der Waals surface area contributed by atoms with E-state index in [1.807, 2.05) is 0 Å². The largest absolute Gasteiger partial charge is 0.376 e. The van der Waals surface area contributed by atoms with Gasteiger partial charge in [-0.05, 0) is 12.2 Å². The predicted molar refractivity (Wildman–Crippen MR) is 61.2 cm³/mol. The highest BCUT2D eigenvalue weighted by molar-refractivity contribution is 7.80. The fraction of sp³-hybridized carbons (Fsp3) is 0.500. The lowest BCUT2D eigenvalue weighted by atomic mass is 10.5. The first-order chi connectivity index (χ1) is 7.45. The molecule has 0 saturated heterocycles. The Labute approximate surface area is 97.9 Å². The van der Waals surface area contributed by atoms with Crippen molar-refractivity contribution in [3.8, 4) is 0 Å². The van der Waals surface area contributed by atoms with E-state index in [4.69, 9.17) is 11.5 Å². The van der Waals surface area contributed by atoms with Gasteiger partial charge in [0.25, 0.3) is 0 Å². The molecule has 6 N–H and O–H groups in total. The lowest BCUT2D eigenvalue weighted by Crippen LogP contribution is -2.43. The number of amides is 2. The Morgan fingerprint density at radius 3 is 2.12 bits per heavy atom. The number of nitrogens with one attached hydrogen (secondary N) is 2. The van der Waals surface area contributed by atoms with Gasteiger partial charge in [0, 0.05) is 12.8 Å². The van der Waals surface area contributed by atoms with Crippen molar-refractivity contribution in [2.75, 3.05) is 13.1 Å². The fourth-order valence-corrected chi connectivity index (χ4v) is 0.598. The zero-order chi connectivity index (χ0) is 12.6. The lowest BCUT2D eigenvalue weighted by Gasteiger charge is -2.03. The van der Waals surface area contributed by atoms with Gasteiger partial charge < -0.3 is 22.1 Å². The Morgan fingerprint density at radius 2 is 1.81 bits per heavy atom. The van der Waals surface area contributed by atoms with Crippen molar-refractivity contribution < 1.29 is 14.4 Å². The summed E-state index contributed by atoms with van der Waals surface area (Å²) in [5, 5.41) is 4.26. The van der Waals surface area contributed by atoms with Gasteiger partial charge in [-0.3, -0.25) is 14.4 Å². The second kappa shape index (κ2) is 7.71. The van der Waals surface area contributed by atoms with Crippen LogP contribution in [0.25, 0.3) is 0 Å². The summed E-state index contributed by atoms with van der Waals surface area (Å²) in [4.78, 5) is 30.8. The molecule has 0 aromatic rings. The molecule has 1 aliphatic rings. The maximum atomic E-state index is 10.7. The van der Waals surface area contributed by atoms with E-state index in [0.29, 0.717) is 5.78 Å². The molecule has 90 valence electrons. The van der Waals surface area contributed by atoms with E-state index >= 15 is 0 Å². The van der Waals surface area contributed by atoms with Crippen LogP contribution in [0, 0.1) is 0 Å². The molecule has 0 heterocycles. The zero-order valence-electron chi connectivity index (χ0n) is 8.62. The number of ketones is 1. The highest BCUT2D eigenvalue weighted by Gasteiger charge is 2.13. The topological polar surface area (TPSA) is 127 Å². The van der Waals surface area contributed by atoms with Crippen LogP contribution in [0.15, 0.2) is 0 Å². The van der Waals surface area contributed by atoms with E-state index in [1.165, 1.54) is 0 Å². The number of Topliss-reactive ketones (excluding diaryl/α,β-unsaturated/α-hetero) is 1. The minimum Gasteiger partial charge on any atom is -0.376 e. The predicted octanol–water partition coefficient (Wildman–Crippen LogP) is -2.23. The molecule has 8 heteroatoms. The van der Waals surface area contributed by atoms with Crippen LogP contribution < -0.4 is 22.1 Å². The number of nitrogens with two attached hydrogens (primary N) is 2. The number of rotatable bonds is 3. The molecule has 0 aromatic carbocycles. The van der Waals surface area contributed by atoms with Crippen LogP contribution in [0.3, 0.4) is 0 Å². The van der Waals surface area contributed by atoms with Crippen molar-refractivity contribution in [3.05, 3.63) is 0 Å². The van der Waals surface area contributed by atoms with Crippen LogP contribution in [-0.2, 0) is 14.4 Å². The van der Waals surface area contributed by atoms with E-state index in [9.17, 15) is 14.4 Å². The molecule has 0 spiro atoms. The highest BCUT2D eigenvalue weighted by Crippen LogP contribution is 2.08. The Hall–Kier alpha value is -1.54. The van der Waals surface area contributed by atoms with Gasteiger partial charge >= 0.3 is 0 Å². The lowest BCUT2D eigenvalue weighted by molar-refractivity contribution is -0.124. The van der Waals surface area contributed by atoms with Gasteiger partial charge in [0.05, 0.1) is 13.1 Å². The summed E-state index contributed by atoms with van der Waals surface area (Å²) in [7, 11) is 0. The van der Waals surface area contributed by atoms with Gasteiger partial charge in [-0.25, -0.2) is 0 Å². The average Bonchev–Trinajstić information content (AvgIpc) is 2.97. The van der Waals surface area contributed by atoms with E-state index in [0.717, 1.165) is 12.8 Å². The van der Waals surface area contributed by atoms with E-state index in [-0.39, 0.29) is 18.2 Å². The molecular weight excluding hydrogens is 232 g/mol. The van der Waals surface area contributed by atoms with E-state index in [1.54, 1.807) is 0 Å². The van der Waals surface area contributed by atoms with Crippen molar-refractivity contribution in [1.82, 2.24) is 10.6 Å². The Morgan fingerprint density at radius 1 is 1.31 bits per heavy atom. The summed E-state index contributed by atoms with van der Waals surface area (Å²) in [5.41, 5.74) is 9.96. The second-order valence-electron chi connectivity index (χ2n) is 2.93. The molecule has 7 nitrogen and oxygen atoms in total. The number of hydrogen-bond acceptors (Lipinski definition) is 5. The van der Waals surface area contributed by atoms with Crippen LogP contribution >= 0.6 is 12.2 Å². The summed E-state index contributed by atoms with van der Waals surface area (Å²) in [6, 6.07) is 0. The molecule has 0 atom stereocenters. The van der Waals surface area contributed by atoms with Crippen LogP contribution in [-0.4, -0.2) is 35.8 Å². The molecule has 0 aromatic heterocycles. The molecular formula is C8H14N4O3S. The summed E-state index contributed by atoms with van der Waals surface area (Å²) < 4.78 is 0. The molecule has 1 saturated carbocycles. The summed E-state index contributed by atoms with van der Waals surface area (Å²) >= 11 is 4.39. The van der Waals surface area contributed by atoms with Crippen molar-refractivity contribution in [1.29, 1.82) is 0 Å². The molecule has 0 bridgehead atoms. The Balaban J connectivity index is 0.000000462. The van der Waals surface area contributed by atoms with Gasteiger partial charge in [0.1, 0.15) is 5.78 Å². The van der Waals surface area contributed by atoms with Crippen LogP contribution in [0.5, 0.6) is 0 Å². The van der Waals surface area contributed by atoms with Gasteiger partial charge in [-0.1, -0.05) is 0 Å². The zero-order valence-corrected chi connectivity index (χ0v) is 9.43. The SMILES string of the molecule is NCC(=O)NCC(=O)NC(N)=S.O=C1CC1. The van der Waals surface area contributed by atoms with E-state index in [2.05, 4.69) is 22.9 Å². The molecule has 0 radical (unpaired) electrons. The first kappa shape index (κ1) is 14.5. The first-order valence-corrected chi connectivity index (χ1v) is 4.94. The first-order valence-electron chi connectivity index (χ1n) is 4.53. The smallest absolute Gasteiger partial charge is 0.245 e. The number of thiocarbonyl (C=S) groups is 1. The van der Waals surface area contributed by atoms with Crippen molar-refractivity contribution in [2.24, 2.45) is 11.5 Å². The molecule has 1 rings (SSSR count). The normalized spacial score (nSPS) is 11.9. The third-order valence-corrected chi connectivity index (χ3v) is 1.45. The third kappa shape index (κ3) is 10.5. The van der Waals surface area contributed by atoms with Crippen molar-refractivity contribution in [2.45, 2.75) is 12.8 Å². The maximum absolute atomic E-state index is 10.7. The van der Waals surface area contributed by atoms with Crippen LogP contribution in [0.4, 0.5) is 0 Å². The fourth-order valence-electron chi connectivity index (χ4n) is 0.484. The third-order valence-electron chi connectivity index (χ3n) is 1.35. The van der Waals surface area contributed by atoms with E-state index < -0.39 is 11.8 Å². The van der Waals surface area contributed by atoms with Crippen LogP contribution in [0.2, 0.25) is 0 Å². The highest BCUT2D eigenvalue weighted by atomic mass is 32.1. The molecule has 1 aliphatic carbocycles. The second-order valence-corrected chi connectivity index (χ2v) is 3.37. The molecule has 1 fully saturated rings. The maximum Gasteiger partial charge on any atom is 0.245 e. The van der Waals surface area contributed by atoms with Crippen molar-refractivity contribution >= 4 is 34.9 Å². The summed E-state index contributed by atoms with van der Waals surface area (Å²) in [5.74, 6) is -0.461. The molecule has 2 amide bonds. The van der Waals surface area contributed by atoms with Gasteiger partial charge in [0.2, 0.25) is 11.8 Å². The minimum absolute atomic E-state index is 0.123. The molecule has 0 aliphatic heterocycles. The molecule has 16 heavy (non-hydrogen) atoms. The summed E-state index contributed by atoms with van der Waals surface area (Å²) in [6.07, 6.45) is 1.69. The van der Waals surface area contributed by atoms with Crippen molar-refractivity contribution in [3.63, 3.8) is 0 Å². The number of carbonyl (C=O) groups excluding carboxylic acids is 3. The Kier molecular flexibility index (Phi) is 6.97. The molecule has 0 unspecified atom stereocenters. The number of hydrogen-bond donors (Lipinski definition) is 4. The van der Waals surface area contributed by atoms with Gasteiger partial charge in [-0.15, -0.1) is 0 Å². The minimum atomic E-state index is -0.468. The quantitative estimate of drug-likeness (QED) is 0.417. The average molecular weight is 246 g/mol. The number of carbonyl (C=O) groups is 3. The van der Waals surface area contributed by atoms with Gasteiger partial charge in [0.15, 0.2) is 5.11 Å². The van der Waals surface area contributed by atoms with Gasteiger partial charge in [-0.2, -0.15) is 0 Å². The van der Waals surface area contributed by atoms with Crippen LogP contribution in [0.1, 0.15) is 12.8 Å². The summed E-state index contributed by atoms with van der Waals surface area (Å²) in [6.45, 7) is -0.326. The Bertz CT molecular complexity index is 300. The standard InChI is InChI=1S/C5H10N4O2S.C3H4O/c6-1-3(10)8-2-4(11)9-5(7)12;4-3-1-2-3/h1-2,6H2,(H,8,10)(H3,7,9,11,12);1-2H2.